The van der Waals surface area contributed by atoms with E-state index in [1.54, 1.807) is 6.92 Å². The Bertz CT molecular complexity index is 186. The molecule has 0 aromatic heterocycles. The lowest BCUT2D eigenvalue weighted by Crippen LogP contribution is -2.34. The number of halogens is 1. The van der Waals surface area contributed by atoms with E-state index in [2.05, 4.69) is 4.74 Å². The van der Waals surface area contributed by atoms with Crippen LogP contribution in [0.15, 0.2) is 0 Å². The van der Waals surface area contributed by atoms with E-state index in [0.29, 0.717) is 6.42 Å². The maximum atomic E-state index is 13.6. The zero-order valence-corrected chi connectivity index (χ0v) is 7.18. The highest BCUT2D eigenvalue weighted by molar-refractivity contribution is 5.79. The molecule has 1 fully saturated rings. The van der Waals surface area contributed by atoms with Crippen LogP contribution in [-0.4, -0.2) is 24.3 Å². The monoisotopic (exact) mass is 175 g/mol. The molecule has 0 amide bonds. The first-order valence-electron chi connectivity index (χ1n) is 4.20. The van der Waals surface area contributed by atoms with Crippen LogP contribution in [-0.2, 0) is 9.53 Å². The van der Waals surface area contributed by atoms with E-state index >= 15 is 0 Å². The minimum Gasteiger partial charge on any atom is -0.464 e. The minimum absolute atomic E-state index is 0.103. The van der Waals surface area contributed by atoms with Gasteiger partial charge in [-0.2, -0.15) is 0 Å². The predicted molar refractivity (Wildman–Crippen MR) is 42.3 cm³/mol. The third-order valence-corrected chi connectivity index (χ3v) is 2.14. The topological polar surface area (TPSA) is 52.3 Å². The van der Waals surface area contributed by atoms with E-state index in [1.165, 1.54) is 0 Å². The van der Waals surface area contributed by atoms with Crippen LogP contribution in [0.1, 0.15) is 26.2 Å². The fourth-order valence-electron chi connectivity index (χ4n) is 1.48. The Morgan fingerprint density at radius 1 is 1.83 bits per heavy atom. The molecule has 0 bridgehead atoms. The van der Waals surface area contributed by atoms with Crippen LogP contribution < -0.4 is 5.73 Å². The molecule has 0 aliphatic heterocycles. The van der Waals surface area contributed by atoms with Crippen molar-refractivity contribution in [1.29, 1.82) is 0 Å². The lowest BCUT2D eigenvalue weighted by molar-refractivity contribution is -0.157. The van der Waals surface area contributed by atoms with Gasteiger partial charge >= 0.3 is 5.97 Å². The number of carbonyl (C=O) groups is 1. The standard InChI is InChI=1S/C8H14FNO2/c1-2-12-7(11)8(9)4-3-6(10)5-8/h6H,2-5,10H2,1H3. The van der Waals surface area contributed by atoms with Crippen molar-refractivity contribution in [3.8, 4) is 0 Å². The van der Waals surface area contributed by atoms with Gasteiger partial charge in [0.15, 0.2) is 0 Å². The molecule has 0 aromatic carbocycles. The number of hydrogen-bond donors (Lipinski definition) is 1. The average molecular weight is 175 g/mol. The summed E-state index contributed by atoms with van der Waals surface area (Å²) in [6, 6.07) is -0.195. The normalized spacial score (nSPS) is 35.1. The molecular formula is C8H14FNO2. The highest BCUT2D eigenvalue weighted by Gasteiger charge is 2.46. The lowest BCUT2D eigenvalue weighted by Gasteiger charge is -2.16. The van der Waals surface area contributed by atoms with Crippen LogP contribution in [0.2, 0.25) is 0 Å². The number of esters is 1. The number of hydrogen-bond acceptors (Lipinski definition) is 3. The second kappa shape index (κ2) is 3.39. The van der Waals surface area contributed by atoms with Crippen LogP contribution in [0, 0.1) is 0 Å². The van der Waals surface area contributed by atoms with E-state index < -0.39 is 11.6 Å². The zero-order valence-electron chi connectivity index (χ0n) is 7.18. The van der Waals surface area contributed by atoms with Gasteiger partial charge in [-0.25, -0.2) is 9.18 Å². The number of ether oxygens (including phenoxy) is 1. The Balaban J connectivity index is 2.54. The number of alkyl halides is 1. The van der Waals surface area contributed by atoms with Gasteiger partial charge in [0.25, 0.3) is 0 Å². The highest BCUT2D eigenvalue weighted by Crippen LogP contribution is 2.33. The average Bonchev–Trinajstić information content (AvgIpc) is 2.33. The Morgan fingerprint density at radius 2 is 2.50 bits per heavy atom. The summed E-state index contributed by atoms with van der Waals surface area (Å²) in [5.41, 5.74) is 3.69. The first kappa shape index (κ1) is 9.45. The van der Waals surface area contributed by atoms with Crippen LogP contribution >= 0.6 is 0 Å². The van der Waals surface area contributed by atoms with Gasteiger partial charge in [0, 0.05) is 12.5 Å². The number of nitrogens with two attached hydrogens (primary N) is 1. The smallest absolute Gasteiger partial charge is 0.343 e. The quantitative estimate of drug-likeness (QED) is 0.630. The van der Waals surface area contributed by atoms with Crippen LogP contribution in [0.25, 0.3) is 0 Å². The van der Waals surface area contributed by atoms with Gasteiger partial charge in [-0.1, -0.05) is 0 Å². The van der Waals surface area contributed by atoms with Crippen molar-refractivity contribution in [1.82, 2.24) is 0 Å². The molecule has 2 atom stereocenters. The molecular weight excluding hydrogens is 161 g/mol. The van der Waals surface area contributed by atoms with Gasteiger partial charge in [0.05, 0.1) is 6.61 Å². The molecule has 0 heterocycles. The van der Waals surface area contributed by atoms with E-state index in [-0.39, 0.29) is 25.5 Å². The summed E-state index contributed by atoms with van der Waals surface area (Å²) >= 11 is 0. The van der Waals surface area contributed by atoms with Crippen LogP contribution in [0.3, 0.4) is 0 Å². The van der Waals surface area contributed by atoms with Gasteiger partial charge in [-0.05, 0) is 19.8 Å². The molecule has 2 N–H and O–H groups in total. The third kappa shape index (κ3) is 1.75. The van der Waals surface area contributed by atoms with Gasteiger partial charge in [-0.3, -0.25) is 0 Å². The van der Waals surface area contributed by atoms with E-state index in [9.17, 15) is 9.18 Å². The van der Waals surface area contributed by atoms with Crippen molar-refractivity contribution >= 4 is 5.97 Å². The summed E-state index contributed by atoms with van der Waals surface area (Å²) in [6.07, 6.45) is 0.869. The summed E-state index contributed by atoms with van der Waals surface area (Å²) in [5, 5.41) is 0. The molecule has 1 saturated carbocycles. The Hall–Kier alpha value is -0.640. The predicted octanol–water partition coefficient (Wildman–Crippen LogP) is 0.769. The number of carbonyl (C=O) groups excluding carboxylic acids is 1. The third-order valence-electron chi connectivity index (χ3n) is 2.14. The Kier molecular flexibility index (Phi) is 2.67. The summed E-state index contributed by atoms with van der Waals surface area (Å²) in [4.78, 5) is 11.1. The summed E-state index contributed by atoms with van der Waals surface area (Å²) in [6.45, 7) is 1.88. The molecule has 1 aliphatic carbocycles. The fraction of sp³-hybridized carbons (Fsp3) is 0.875. The Morgan fingerprint density at radius 3 is 2.92 bits per heavy atom. The van der Waals surface area contributed by atoms with E-state index in [0.717, 1.165) is 0 Å². The summed E-state index contributed by atoms with van der Waals surface area (Å²) in [5.74, 6) is -0.752. The molecule has 12 heavy (non-hydrogen) atoms. The maximum absolute atomic E-state index is 13.6. The van der Waals surface area contributed by atoms with Gasteiger partial charge in [0.1, 0.15) is 0 Å². The SMILES string of the molecule is CCOC(=O)C1(F)CCC(N)C1. The molecule has 1 aliphatic rings. The fourth-order valence-corrected chi connectivity index (χ4v) is 1.48. The van der Waals surface area contributed by atoms with Crippen molar-refractivity contribution in [3.05, 3.63) is 0 Å². The molecule has 0 aromatic rings. The van der Waals surface area contributed by atoms with Gasteiger partial charge in [-0.15, -0.1) is 0 Å². The molecule has 0 saturated heterocycles. The number of rotatable bonds is 2. The summed E-state index contributed by atoms with van der Waals surface area (Å²) in [7, 11) is 0. The molecule has 0 spiro atoms. The summed E-state index contributed by atoms with van der Waals surface area (Å²) < 4.78 is 18.2. The maximum Gasteiger partial charge on any atom is 0.343 e. The molecule has 4 heteroatoms. The molecule has 2 unspecified atom stereocenters. The van der Waals surface area contributed by atoms with Gasteiger partial charge in [0.2, 0.25) is 5.67 Å². The van der Waals surface area contributed by atoms with Crippen molar-refractivity contribution in [2.45, 2.75) is 37.9 Å². The van der Waals surface area contributed by atoms with Crippen molar-refractivity contribution in [2.75, 3.05) is 6.61 Å². The first-order valence-corrected chi connectivity index (χ1v) is 4.20. The Labute approximate surface area is 71.1 Å². The largest absolute Gasteiger partial charge is 0.464 e. The van der Waals surface area contributed by atoms with Crippen molar-refractivity contribution < 1.29 is 13.9 Å². The van der Waals surface area contributed by atoms with E-state index in [1.807, 2.05) is 0 Å². The molecule has 70 valence electrons. The molecule has 3 nitrogen and oxygen atoms in total. The minimum atomic E-state index is -1.81. The van der Waals surface area contributed by atoms with Gasteiger partial charge < -0.3 is 10.5 Å². The van der Waals surface area contributed by atoms with Crippen molar-refractivity contribution in [3.63, 3.8) is 0 Å². The lowest BCUT2D eigenvalue weighted by atomic mass is 10.1. The zero-order chi connectivity index (χ0) is 9.19. The first-order chi connectivity index (χ1) is 5.58. The molecule has 1 rings (SSSR count). The second-order valence-electron chi connectivity index (χ2n) is 3.19. The molecule has 0 radical (unpaired) electrons. The highest BCUT2D eigenvalue weighted by atomic mass is 19.1. The van der Waals surface area contributed by atoms with E-state index in [4.69, 9.17) is 5.73 Å². The van der Waals surface area contributed by atoms with Crippen LogP contribution in [0.4, 0.5) is 4.39 Å². The van der Waals surface area contributed by atoms with Crippen molar-refractivity contribution in [2.24, 2.45) is 5.73 Å². The van der Waals surface area contributed by atoms with Crippen LogP contribution in [0.5, 0.6) is 0 Å². The second-order valence-corrected chi connectivity index (χ2v) is 3.19.